The van der Waals surface area contributed by atoms with E-state index >= 15 is 0 Å². The Morgan fingerprint density at radius 2 is 1.81 bits per heavy atom. The maximum absolute atomic E-state index is 5.43. The highest BCUT2D eigenvalue weighted by atomic mass is 79.9. The van der Waals surface area contributed by atoms with Crippen LogP contribution in [0.25, 0.3) is 0 Å². The van der Waals surface area contributed by atoms with Gasteiger partial charge in [-0.3, -0.25) is 0 Å². The van der Waals surface area contributed by atoms with Crippen molar-refractivity contribution < 1.29 is 4.74 Å². The fourth-order valence-electron chi connectivity index (χ4n) is 2.12. The number of benzene rings is 1. The van der Waals surface area contributed by atoms with Crippen molar-refractivity contribution in [3.63, 3.8) is 0 Å². The highest BCUT2D eigenvalue weighted by Crippen LogP contribution is 2.36. The molecule has 1 heterocycles. The van der Waals surface area contributed by atoms with Crippen molar-refractivity contribution in [2.45, 2.75) is 31.0 Å². The fraction of sp³-hybridized carbons (Fsp3) is 0.571. The lowest BCUT2D eigenvalue weighted by Gasteiger charge is -2.17. The Hall–Kier alpha value is -0.340. The van der Waals surface area contributed by atoms with Gasteiger partial charge in [0.1, 0.15) is 0 Å². The molecule has 0 saturated carbocycles. The molecule has 2 unspecified atom stereocenters. The van der Waals surface area contributed by atoms with Gasteiger partial charge < -0.3 is 4.74 Å². The zero-order chi connectivity index (χ0) is 11.5. The van der Waals surface area contributed by atoms with Crippen LogP contribution in [0.1, 0.15) is 42.1 Å². The van der Waals surface area contributed by atoms with Crippen LogP contribution in [-0.4, -0.2) is 13.2 Å². The number of halogens is 1. The van der Waals surface area contributed by atoms with Crippen molar-refractivity contribution in [2.24, 2.45) is 5.92 Å². The summed E-state index contributed by atoms with van der Waals surface area (Å²) in [6, 6.07) is 8.97. The molecule has 1 fully saturated rings. The maximum Gasteiger partial charge on any atom is 0.0509 e. The molecule has 0 radical (unpaired) electrons. The molecule has 0 amide bonds. The van der Waals surface area contributed by atoms with Crippen molar-refractivity contribution in [3.05, 3.63) is 35.4 Å². The van der Waals surface area contributed by atoms with E-state index in [9.17, 15) is 0 Å². The van der Waals surface area contributed by atoms with Gasteiger partial charge in [-0.05, 0) is 23.5 Å². The van der Waals surface area contributed by atoms with Crippen LogP contribution >= 0.6 is 15.9 Å². The largest absolute Gasteiger partial charge is 0.381 e. The Kier molecular flexibility index (Phi) is 4.04. The summed E-state index contributed by atoms with van der Waals surface area (Å²) in [6.45, 7) is 6.26. The molecule has 1 nitrogen and oxygen atoms in total. The van der Waals surface area contributed by atoms with Gasteiger partial charge in [0.15, 0.2) is 0 Å². The summed E-state index contributed by atoms with van der Waals surface area (Å²) in [6.07, 6.45) is 1.17. The van der Waals surface area contributed by atoms with Gasteiger partial charge in [-0.25, -0.2) is 0 Å². The third-order valence-corrected chi connectivity index (χ3v) is 4.58. The van der Waals surface area contributed by atoms with E-state index in [2.05, 4.69) is 54.0 Å². The molecule has 0 N–H and O–H groups in total. The first-order valence-electron chi connectivity index (χ1n) is 6.00. The standard InChI is InChI=1S/C14H19BrO/c1-10(2)11-3-5-12(6-4-11)14(15)13-7-8-16-9-13/h3-6,10,13-14H,7-9H2,1-2H3. The average Bonchev–Trinajstić information content (AvgIpc) is 2.81. The SMILES string of the molecule is CC(C)c1ccc(C(Br)C2CCOC2)cc1. The van der Waals surface area contributed by atoms with E-state index in [-0.39, 0.29) is 0 Å². The van der Waals surface area contributed by atoms with Crippen molar-refractivity contribution in [1.82, 2.24) is 0 Å². The Morgan fingerprint density at radius 3 is 2.31 bits per heavy atom. The first-order chi connectivity index (χ1) is 7.68. The quantitative estimate of drug-likeness (QED) is 0.752. The second-order valence-electron chi connectivity index (χ2n) is 4.85. The Labute approximate surface area is 106 Å². The van der Waals surface area contributed by atoms with Crippen LogP contribution in [0.2, 0.25) is 0 Å². The number of hydrogen-bond acceptors (Lipinski definition) is 1. The molecule has 0 aliphatic carbocycles. The summed E-state index contributed by atoms with van der Waals surface area (Å²) in [7, 11) is 0. The van der Waals surface area contributed by atoms with E-state index in [0.29, 0.717) is 16.7 Å². The molecule has 2 heteroatoms. The molecule has 16 heavy (non-hydrogen) atoms. The Bertz CT molecular complexity index is 325. The van der Waals surface area contributed by atoms with Crippen molar-refractivity contribution in [3.8, 4) is 0 Å². The van der Waals surface area contributed by atoms with Gasteiger partial charge in [-0.15, -0.1) is 0 Å². The molecule has 1 aromatic carbocycles. The minimum atomic E-state index is 0.441. The molecule has 1 aliphatic heterocycles. The molecule has 2 rings (SSSR count). The van der Waals surface area contributed by atoms with Gasteiger partial charge in [-0.2, -0.15) is 0 Å². The van der Waals surface area contributed by atoms with E-state index < -0.39 is 0 Å². The van der Waals surface area contributed by atoms with E-state index in [0.717, 1.165) is 13.2 Å². The summed E-state index contributed by atoms with van der Waals surface area (Å²) in [4.78, 5) is 0.441. The van der Waals surface area contributed by atoms with Crippen LogP contribution < -0.4 is 0 Å². The number of ether oxygens (including phenoxy) is 1. The van der Waals surface area contributed by atoms with E-state index in [1.807, 2.05) is 0 Å². The summed E-state index contributed by atoms with van der Waals surface area (Å²) in [5, 5.41) is 0. The normalized spacial score (nSPS) is 22.6. The van der Waals surface area contributed by atoms with Gasteiger partial charge in [-0.1, -0.05) is 54.0 Å². The average molecular weight is 283 g/mol. The predicted octanol–water partition coefficient (Wildman–Crippen LogP) is 4.28. The van der Waals surface area contributed by atoms with Gasteiger partial charge in [0.2, 0.25) is 0 Å². The molecule has 2 atom stereocenters. The lowest BCUT2D eigenvalue weighted by molar-refractivity contribution is 0.185. The summed E-state index contributed by atoms with van der Waals surface area (Å²) in [5.74, 6) is 1.24. The second-order valence-corrected chi connectivity index (χ2v) is 5.83. The highest BCUT2D eigenvalue weighted by molar-refractivity contribution is 9.09. The maximum atomic E-state index is 5.43. The smallest absolute Gasteiger partial charge is 0.0509 e. The van der Waals surface area contributed by atoms with Crippen LogP contribution in [-0.2, 0) is 4.74 Å². The number of alkyl halides is 1. The Morgan fingerprint density at radius 1 is 1.19 bits per heavy atom. The fourth-order valence-corrected chi connectivity index (χ4v) is 2.84. The molecule has 1 aromatic rings. The summed E-state index contributed by atoms with van der Waals surface area (Å²) >= 11 is 3.79. The molecule has 1 aliphatic rings. The van der Waals surface area contributed by atoms with Gasteiger partial charge in [0.05, 0.1) is 6.61 Å². The lowest BCUT2D eigenvalue weighted by Crippen LogP contribution is -2.07. The molecule has 88 valence electrons. The minimum Gasteiger partial charge on any atom is -0.381 e. The summed E-state index contributed by atoms with van der Waals surface area (Å²) in [5.41, 5.74) is 2.78. The third-order valence-electron chi connectivity index (χ3n) is 3.30. The third kappa shape index (κ3) is 2.67. The second kappa shape index (κ2) is 5.33. The monoisotopic (exact) mass is 282 g/mol. The molecule has 0 spiro atoms. The predicted molar refractivity (Wildman–Crippen MR) is 71.1 cm³/mol. The van der Waals surface area contributed by atoms with Crippen LogP contribution in [0, 0.1) is 5.92 Å². The van der Waals surface area contributed by atoms with Crippen LogP contribution in [0.5, 0.6) is 0 Å². The van der Waals surface area contributed by atoms with E-state index in [1.165, 1.54) is 17.5 Å². The molecular formula is C14H19BrO. The van der Waals surface area contributed by atoms with Gasteiger partial charge in [0.25, 0.3) is 0 Å². The highest BCUT2D eigenvalue weighted by Gasteiger charge is 2.24. The van der Waals surface area contributed by atoms with Gasteiger partial charge >= 0.3 is 0 Å². The molecule has 0 aromatic heterocycles. The van der Waals surface area contributed by atoms with Gasteiger partial charge in [0, 0.05) is 17.4 Å². The van der Waals surface area contributed by atoms with Crippen LogP contribution in [0.4, 0.5) is 0 Å². The van der Waals surface area contributed by atoms with Crippen LogP contribution in [0.15, 0.2) is 24.3 Å². The van der Waals surface area contributed by atoms with E-state index in [1.54, 1.807) is 0 Å². The Balaban J connectivity index is 2.08. The minimum absolute atomic E-state index is 0.441. The van der Waals surface area contributed by atoms with E-state index in [4.69, 9.17) is 4.74 Å². The first-order valence-corrected chi connectivity index (χ1v) is 6.91. The number of rotatable bonds is 3. The molecule has 0 bridgehead atoms. The van der Waals surface area contributed by atoms with Crippen molar-refractivity contribution >= 4 is 15.9 Å². The van der Waals surface area contributed by atoms with Crippen LogP contribution in [0.3, 0.4) is 0 Å². The zero-order valence-corrected chi connectivity index (χ0v) is 11.5. The number of hydrogen-bond donors (Lipinski definition) is 0. The zero-order valence-electron chi connectivity index (χ0n) is 9.95. The molecular weight excluding hydrogens is 264 g/mol. The van der Waals surface area contributed by atoms with Crippen molar-refractivity contribution in [1.29, 1.82) is 0 Å². The molecule has 1 saturated heterocycles. The summed E-state index contributed by atoms with van der Waals surface area (Å²) < 4.78 is 5.43. The lowest BCUT2D eigenvalue weighted by atomic mass is 9.95. The van der Waals surface area contributed by atoms with Crippen molar-refractivity contribution in [2.75, 3.05) is 13.2 Å². The first kappa shape index (κ1) is 12.1. The topological polar surface area (TPSA) is 9.23 Å².